The molecule has 1 aliphatic carbocycles. The second-order valence-corrected chi connectivity index (χ2v) is 7.53. The van der Waals surface area contributed by atoms with E-state index in [9.17, 15) is 8.42 Å². The number of hydrogen-bond donors (Lipinski definition) is 1. The van der Waals surface area contributed by atoms with Crippen LogP contribution in [-0.4, -0.2) is 14.1 Å². The van der Waals surface area contributed by atoms with Gasteiger partial charge in [-0.15, -0.1) is 0 Å². The molecule has 1 atom stereocenters. The molecule has 0 spiro atoms. The summed E-state index contributed by atoms with van der Waals surface area (Å²) in [5.41, 5.74) is 2.01. The standard InChI is InChI=1S/C16H24N2O2S/c1-13-9-11-15(12-10-13)21(19,20)18-17-16-8-6-4-3-5-7-14(16)2/h9-12,14,18H,3-8H2,1-2H3/b17-16-. The van der Waals surface area contributed by atoms with Gasteiger partial charge in [0.1, 0.15) is 0 Å². The van der Waals surface area contributed by atoms with E-state index in [1.807, 2.05) is 6.92 Å². The normalized spacial score (nSPS) is 22.6. The Labute approximate surface area is 127 Å². The Morgan fingerprint density at radius 3 is 2.48 bits per heavy atom. The largest absolute Gasteiger partial charge is 0.276 e. The summed E-state index contributed by atoms with van der Waals surface area (Å²) in [4.78, 5) is 2.66. The quantitative estimate of drug-likeness (QED) is 0.867. The topological polar surface area (TPSA) is 58.5 Å². The first kappa shape index (κ1) is 16.0. The molecule has 1 N–H and O–H groups in total. The minimum Gasteiger partial charge on any atom is -0.200 e. The second-order valence-electron chi connectivity index (χ2n) is 5.86. The first-order valence-corrected chi connectivity index (χ1v) is 9.12. The van der Waals surface area contributed by atoms with Gasteiger partial charge in [0.05, 0.1) is 4.90 Å². The number of benzene rings is 1. The Morgan fingerprint density at radius 2 is 1.76 bits per heavy atom. The predicted octanol–water partition coefficient (Wildman–Crippen LogP) is 3.62. The molecule has 1 aromatic rings. The van der Waals surface area contributed by atoms with E-state index in [4.69, 9.17) is 0 Å². The van der Waals surface area contributed by atoms with Crippen molar-refractivity contribution in [3.05, 3.63) is 29.8 Å². The van der Waals surface area contributed by atoms with Crippen LogP contribution in [0.5, 0.6) is 0 Å². The Bertz CT molecular complexity index is 591. The lowest BCUT2D eigenvalue weighted by Crippen LogP contribution is -2.23. The number of sulfonamides is 1. The number of rotatable bonds is 3. The molecule has 0 bridgehead atoms. The minimum absolute atomic E-state index is 0.260. The van der Waals surface area contributed by atoms with Gasteiger partial charge < -0.3 is 0 Å². The lowest BCUT2D eigenvalue weighted by Gasteiger charge is -2.18. The summed E-state index contributed by atoms with van der Waals surface area (Å²) in [5.74, 6) is 0.353. The minimum atomic E-state index is -3.56. The van der Waals surface area contributed by atoms with Crippen molar-refractivity contribution in [3.8, 4) is 0 Å². The van der Waals surface area contributed by atoms with Gasteiger partial charge in [-0.3, -0.25) is 0 Å². The lowest BCUT2D eigenvalue weighted by atomic mass is 9.91. The van der Waals surface area contributed by atoms with Gasteiger partial charge in [-0.2, -0.15) is 13.5 Å². The highest BCUT2D eigenvalue weighted by atomic mass is 32.2. The number of hydrogen-bond acceptors (Lipinski definition) is 3. The molecular weight excluding hydrogens is 284 g/mol. The molecule has 4 nitrogen and oxygen atoms in total. The summed E-state index contributed by atoms with van der Waals surface area (Å²) in [6.07, 6.45) is 6.74. The molecule has 5 heteroatoms. The van der Waals surface area contributed by atoms with Crippen LogP contribution in [-0.2, 0) is 10.0 Å². The van der Waals surface area contributed by atoms with Crippen molar-refractivity contribution in [1.82, 2.24) is 4.83 Å². The molecule has 1 saturated carbocycles. The van der Waals surface area contributed by atoms with E-state index in [0.29, 0.717) is 5.92 Å². The van der Waals surface area contributed by atoms with Crippen molar-refractivity contribution in [3.63, 3.8) is 0 Å². The molecule has 1 unspecified atom stereocenters. The summed E-state index contributed by atoms with van der Waals surface area (Å²) in [5, 5.41) is 4.22. The molecule has 0 saturated heterocycles. The SMILES string of the molecule is Cc1ccc(S(=O)(=O)N/N=C2/CCCCCCC2C)cc1. The lowest BCUT2D eigenvalue weighted by molar-refractivity contribution is 0.537. The fourth-order valence-electron chi connectivity index (χ4n) is 2.58. The molecule has 0 amide bonds. The van der Waals surface area contributed by atoms with E-state index in [1.54, 1.807) is 24.3 Å². The summed E-state index contributed by atoms with van der Waals surface area (Å²) in [6, 6.07) is 6.80. The maximum Gasteiger partial charge on any atom is 0.276 e. The van der Waals surface area contributed by atoms with Gasteiger partial charge in [-0.05, 0) is 44.2 Å². The van der Waals surface area contributed by atoms with Crippen LogP contribution in [0, 0.1) is 12.8 Å². The third-order valence-corrected chi connectivity index (χ3v) is 5.25. The molecule has 0 heterocycles. The Hall–Kier alpha value is -1.36. The van der Waals surface area contributed by atoms with Gasteiger partial charge in [0.15, 0.2) is 0 Å². The average molecular weight is 308 g/mol. The number of hydrazone groups is 1. The van der Waals surface area contributed by atoms with Crippen molar-refractivity contribution in [2.45, 2.75) is 57.3 Å². The molecule has 1 aliphatic rings. The summed E-state index contributed by atoms with van der Waals surface area (Å²) in [6.45, 7) is 4.06. The first-order chi connectivity index (χ1) is 9.99. The molecule has 21 heavy (non-hydrogen) atoms. The van der Waals surface area contributed by atoms with Crippen molar-refractivity contribution in [2.24, 2.45) is 11.0 Å². The van der Waals surface area contributed by atoms with Crippen molar-refractivity contribution >= 4 is 15.7 Å². The summed E-state index contributed by atoms with van der Waals surface area (Å²) in [7, 11) is -3.56. The van der Waals surface area contributed by atoms with Crippen molar-refractivity contribution < 1.29 is 8.42 Å². The van der Waals surface area contributed by atoms with Gasteiger partial charge in [-0.25, -0.2) is 4.83 Å². The third-order valence-electron chi connectivity index (χ3n) is 4.03. The molecule has 0 aliphatic heterocycles. The fraction of sp³-hybridized carbons (Fsp3) is 0.562. The van der Waals surface area contributed by atoms with Crippen LogP contribution >= 0.6 is 0 Å². The maximum atomic E-state index is 12.2. The number of nitrogens with zero attached hydrogens (tertiary/aromatic N) is 1. The fourth-order valence-corrected chi connectivity index (χ4v) is 3.42. The van der Waals surface area contributed by atoms with E-state index in [-0.39, 0.29) is 4.90 Å². The molecule has 116 valence electrons. The Kier molecular flexibility index (Phi) is 5.39. The van der Waals surface area contributed by atoms with Crippen LogP contribution < -0.4 is 4.83 Å². The zero-order valence-corrected chi connectivity index (χ0v) is 13.6. The zero-order chi connectivity index (χ0) is 15.3. The molecule has 0 radical (unpaired) electrons. The van der Waals surface area contributed by atoms with Crippen LogP contribution in [0.15, 0.2) is 34.3 Å². The van der Waals surface area contributed by atoms with Crippen LogP contribution in [0.4, 0.5) is 0 Å². The van der Waals surface area contributed by atoms with Gasteiger partial charge in [-0.1, -0.05) is 43.9 Å². The van der Waals surface area contributed by atoms with Crippen molar-refractivity contribution in [2.75, 3.05) is 0 Å². The molecule has 1 fully saturated rings. The van der Waals surface area contributed by atoms with E-state index in [2.05, 4.69) is 16.9 Å². The van der Waals surface area contributed by atoms with Gasteiger partial charge in [0.25, 0.3) is 10.0 Å². The highest BCUT2D eigenvalue weighted by Crippen LogP contribution is 2.20. The second kappa shape index (κ2) is 7.07. The number of nitrogens with one attached hydrogen (secondary N) is 1. The smallest absolute Gasteiger partial charge is 0.200 e. The Morgan fingerprint density at radius 1 is 1.10 bits per heavy atom. The van der Waals surface area contributed by atoms with Crippen LogP contribution in [0.25, 0.3) is 0 Å². The highest BCUT2D eigenvalue weighted by molar-refractivity contribution is 7.89. The molecule has 2 rings (SSSR count). The first-order valence-electron chi connectivity index (χ1n) is 7.64. The van der Waals surface area contributed by atoms with E-state index < -0.39 is 10.0 Å². The highest BCUT2D eigenvalue weighted by Gasteiger charge is 2.16. The summed E-state index contributed by atoms with van der Waals surface area (Å²) >= 11 is 0. The van der Waals surface area contributed by atoms with Gasteiger partial charge in [0, 0.05) is 5.71 Å². The summed E-state index contributed by atoms with van der Waals surface area (Å²) < 4.78 is 24.5. The predicted molar refractivity (Wildman–Crippen MR) is 85.8 cm³/mol. The Balaban J connectivity index is 2.11. The van der Waals surface area contributed by atoms with E-state index >= 15 is 0 Å². The van der Waals surface area contributed by atoms with E-state index in [1.165, 1.54) is 19.3 Å². The van der Waals surface area contributed by atoms with E-state index in [0.717, 1.165) is 30.5 Å². The van der Waals surface area contributed by atoms with Crippen LogP contribution in [0.2, 0.25) is 0 Å². The molecular formula is C16H24N2O2S. The maximum absolute atomic E-state index is 12.2. The van der Waals surface area contributed by atoms with Crippen LogP contribution in [0.3, 0.4) is 0 Å². The zero-order valence-electron chi connectivity index (χ0n) is 12.8. The molecule has 0 aromatic heterocycles. The van der Waals surface area contributed by atoms with Gasteiger partial charge >= 0.3 is 0 Å². The molecule has 1 aromatic carbocycles. The monoisotopic (exact) mass is 308 g/mol. The van der Waals surface area contributed by atoms with Gasteiger partial charge in [0.2, 0.25) is 0 Å². The third kappa shape index (κ3) is 4.56. The van der Waals surface area contributed by atoms with Crippen LogP contribution in [0.1, 0.15) is 51.0 Å². The average Bonchev–Trinajstić information content (AvgIpc) is 2.43. The number of aryl methyl sites for hydroxylation is 1. The van der Waals surface area contributed by atoms with Crippen molar-refractivity contribution in [1.29, 1.82) is 0 Å².